The van der Waals surface area contributed by atoms with Crippen LogP contribution in [0, 0.1) is 5.82 Å². The highest BCUT2D eigenvalue weighted by molar-refractivity contribution is 5.85. The predicted octanol–water partition coefficient (Wildman–Crippen LogP) is 5.90. The molecule has 1 aromatic rings. The molecule has 0 saturated heterocycles. The lowest BCUT2D eigenvalue weighted by atomic mass is 10.00. The van der Waals surface area contributed by atoms with E-state index in [1.165, 1.54) is 75.6 Å². The van der Waals surface area contributed by atoms with Gasteiger partial charge in [0.2, 0.25) is 0 Å². The highest BCUT2D eigenvalue weighted by Crippen LogP contribution is 2.16. The van der Waals surface area contributed by atoms with Crippen LogP contribution in [0.15, 0.2) is 29.4 Å². The van der Waals surface area contributed by atoms with E-state index < -0.39 is 0 Å². The maximum atomic E-state index is 12.9. The van der Waals surface area contributed by atoms with Crippen LogP contribution < -0.4 is 5.43 Å². The second kappa shape index (κ2) is 9.54. The van der Waals surface area contributed by atoms with Gasteiger partial charge in [-0.1, -0.05) is 44.9 Å². The van der Waals surface area contributed by atoms with Gasteiger partial charge in [0.25, 0.3) is 0 Å². The Balaban J connectivity index is 1.86. The minimum absolute atomic E-state index is 0.209. The zero-order valence-corrected chi connectivity index (χ0v) is 12.9. The summed E-state index contributed by atoms with van der Waals surface area (Å²) >= 11 is 0. The lowest BCUT2D eigenvalue weighted by Gasteiger charge is -2.10. The maximum absolute atomic E-state index is 12.9. The highest BCUT2D eigenvalue weighted by Gasteiger charge is 2.03. The fourth-order valence-corrected chi connectivity index (χ4v) is 2.80. The molecular weight excluding hydrogens is 263 g/mol. The number of benzene rings is 1. The molecule has 0 spiro atoms. The molecule has 1 N–H and O–H groups in total. The molecule has 1 aliphatic rings. The van der Waals surface area contributed by atoms with Crippen molar-refractivity contribution in [2.45, 2.75) is 70.6 Å². The van der Waals surface area contributed by atoms with E-state index in [2.05, 4.69) is 10.5 Å². The Labute approximate surface area is 127 Å². The molecule has 2 rings (SSSR count). The van der Waals surface area contributed by atoms with Crippen LogP contribution in [-0.4, -0.2) is 5.71 Å². The van der Waals surface area contributed by atoms with Gasteiger partial charge >= 0.3 is 0 Å². The summed E-state index contributed by atoms with van der Waals surface area (Å²) in [6.45, 7) is 0. The van der Waals surface area contributed by atoms with E-state index in [1.54, 1.807) is 12.1 Å². The average Bonchev–Trinajstić information content (AvgIpc) is 2.48. The SMILES string of the molecule is Fc1ccc(NN=C2CCCCCCCCCCC2)cc1. The molecule has 116 valence electrons. The van der Waals surface area contributed by atoms with Gasteiger partial charge in [-0.3, -0.25) is 5.43 Å². The summed E-state index contributed by atoms with van der Waals surface area (Å²) in [5.41, 5.74) is 5.20. The van der Waals surface area contributed by atoms with E-state index in [-0.39, 0.29) is 5.82 Å². The summed E-state index contributed by atoms with van der Waals surface area (Å²) in [4.78, 5) is 0. The molecule has 0 aromatic heterocycles. The average molecular weight is 290 g/mol. The van der Waals surface area contributed by atoms with Gasteiger partial charge in [0.05, 0.1) is 5.69 Å². The standard InChI is InChI=1S/C18H27FN2/c19-16-12-14-18(15-13-16)21-20-17-10-8-6-4-2-1-3-5-7-9-11-17/h12-15,21H,1-11H2. The van der Waals surface area contributed by atoms with Crippen LogP contribution in [0.5, 0.6) is 0 Å². The molecule has 0 unspecified atom stereocenters. The molecule has 0 amide bonds. The van der Waals surface area contributed by atoms with Gasteiger partial charge in [-0.25, -0.2) is 4.39 Å². The third kappa shape index (κ3) is 6.74. The van der Waals surface area contributed by atoms with Crippen molar-refractivity contribution in [3.05, 3.63) is 30.1 Å². The summed E-state index contributed by atoms with van der Waals surface area (Å²) < 4.78 is 12.9. The number of hydrazone groups is 1. The van der Waals surface area contributed by atoms with Crippen LogP contribution in [0.25, 0.3) is 0 Å². The van der Waals surface area contributed by atoms with Crippen LogP contribution in [0.4, 0.5) is 10.1 Å². The van der Waals surface area contributed by atoms with Crippen molar-refractivity contribution >= 4 is 11.4 Å². The normalized spacial score (nSPS) is 18.4. The topological polar surface area (TPSA) is 24.4 Å². The van der Waals surface area contributed by atoms with Crippen LogP contribution >= 0.6 is 0 Å². The van der Waals surface area contributed by atoms with Gasteiger partial charge in [0.15, 0.2) is 0 Å². The number of nitrogens with one attached hydrogen (secondary N) is 1. The molecule has 3 heteroatoms. The number of rotatable bonds is 2. The van der Waals surface area contributed by atoms with E-state index in [0.29, 0.717) is 0 Å². The zero-order chi connectivity index (χ0) is 14.8. The third-order valence-corrected chi connectivity index (χ3v) is 4.12. The van der Waals surface area contributed by atoms with E-state index in [1.807, 2.05) is 0 Å². The summed E-state index contributed by atoms with van der Waals surface area (Å²) in [7, 11) is 0. The fraction of sp³-hybridized carbons (Fsp3) is 0.611. The molecule has 1 fully saturated rings. The van der Waals surface area contributed by atoms with E-state index in [9.17, 15) is 4.39 Å². The van der Waals surface area contributed by atoms with E-state index in [4.69, 9.17) is 0 Å². The van der Waals surface area contributed by atoms with Gasteiger partial charge in [-0.15, -0.1) is 0 Å². The van der Waals surface area contributed by atoms with Crippen molar-refractivity contribution in [1.29, 1.82) is 0 Å². The molecule has 0 radical (unpaired) electrons. The van der Waals surface area contributed by atoms with Gasteiger partial charge in [0.1, 0.15) is 5.82 Å². The number of halogens is 1. The van der Waals surface area contributed by atoms with Crippen LogP contribution in [0.3, 0.4) is 0 Å². The molecule has 21 heavy (non-hydrogen) atoms. The molecule has 0 bridgehead atoms. The summed E-state index contributed by atoms with van der Waals surface area (Å²) in [5.74, 6) is -0.209. The molecule has 1 aromatic carbocycles. The lowest BCUT2D eigenvalue weighted by molar-refractivity contribution is 0.555. The first-order valence-corrected chi connectivity index (χ1v) is 8.41. The Kier molecular flexibility index (Phi) is 7.27. The third-order valence-electron chi connectivity index (χ3n) is 4.12. The van der Waals surface area contributed by atoms with Crippen molar-refractivity contribution in [2.24, 2.45) is 5.10 Å². The van der Waals surface area contributed by atoms with E-state index in [0.717, 1.165) is 18.5 Å². The maximum Gasteiger partial charge on any atom is 0.123 e. The molecule has 0 atom stereocenters. The smallest absolute Gasteiger partial charge is 0.123 e. The molecule has 1 saturated carbocycles. The minimum atomic E-state index is -0.209. The monoisotopic (exact) mass is 290 g/mol. The van der Waals surface area contributed by atoms with Gasteiger partial charge in [-0.2, -0.15) is 5.10 Å². The number of anilines is 1. The second-order valence-corrected chi connectivity index (χ2v) is 5.98. The van der Waals surface area contributed by atoms with Crippen molar-refractivity contribution in [3.8, 4) is 0 Å². The Morgan fingerprint density at radius 3 is 1.71 bits per heavy atom. The molecule has 1 aliphatic carbocycles. The Bertz CT molecular complexity index is 411. The van der Waals surface area contributed by atoms with Crippen molar-refractivity contribution < 1.29 is 4.39 Å². The molecular formula is C18H27FN2. The first-order chi connectivity index (χ1) is 10.3. The summed E-state index contributed by atoms with van der Waals surface area (Å²) in [6.07, 6.45) is 14.2. The Morgan fingerprint density at radius 2 is 1.19 bits per heavy atom. The van der Waals surface area contributed by atoms with Gasteiger partial charge in [-0.05, 0) is 49.9 Å². The first-order valence-electron chi connectivity index (χ1n) is 8.41. The van der Waals surface area contributed by atoms with Crippen molar-refractivity contribution in [2.75, 3.05) is 5.43 Å². The van der Waals surface area contributed by atoms with Crippen molar-refractivity contribution in [3.63, 3.8) is 0 Å². The quantitative estimate of drug-likeness (QED) is 0.674. The van der Waals surface area contributed by atoms with E-state index >= 15 is 0 Å². The number of nitrogens with zero attached hydrogens (tertiary/aromatic N) is 1. The molecule has 2 nitrogen and oxygen atoms in total. The first kappa shape index (κ1) is 16.0. The largest absolute Gasteiger partial charge is 0.279 e. The molecule has 0 aliphatic heterocycles. The van der Waals surface area contributed by atoms with Crippen molar-refractivity contribution in [1.82, 2.24) is 0 Å². The fourth-order valence-electron chi connectivity index (χ4n) is 2.80. The van der Waals surface area contributed by atoms with Crippen LogP contribution in [0.2, 0.25) is 0 Å². The highest BCUT2D eigenvalue weighted by atomic mass is 19.1. The molecule has 0 heterocycles. The number of hydrogen-bond donors (Lipinski definition) is 1. The van der Waals surface area contributed by atoms with Crippen LogP contribution in [0.1, 0.15) is 70.6 Å². The summed E-state index contributed by atoms with van der Waals surface area (Å²) in [6, 6.07) is 6.39. The predicted molar refractivity (Wildman–Crippen MR) is 88.2 cm³/mol. The van der Waals surface area contributed by atoms with Gasteiger partial charge < -0.3 is 0 Å². The minimum Gasteiger partial charge on any atom is -0.279 e. The Morgan fingerprint density at radius 1 is 0.714 bits per heavy atom. The summed E-state index contributed by atoms with van der Waals surface area (Å²) in [5, 5.41) is 4.56. The zero-order valence-electron chi connectivity index (χ0n) is 12.9. The second-order valence-electron chi connectivity index (χ2n) is 5.98. The number of hydrogen-bond acceptors (Lipinski definition) is 2. The van der Waals surface area contributed by atoms with Gasteiger partial charge in [0, 0.05) is 5.71 Å². The Hall–Kier alpha value is -1.38. The van der Waals surface area contributed by atoms with Crippen LogP contribution in [-0.2, 0) is 0 Å². The lowest BCUT2D eigenvalue weighted by Crippen LogP contribution is -2.03.